The highest BCUT2D eigenvalue weighted by atomic mass is 16.3. The molecule has 2 aromatic carbocycles. The highest BCUT2D eigenvalue weighted by molar-refractivity contribution is 5.36. The predicted molar refractivity (Wildman–Crippen MR) is 122 cm³/mol. The lowest BCUT2D eigenvalue weighted by Crippen LogP contribution is -2.33. The third-order valence-corrected chi connectivity index (χ3v) is 7.35. The number of phenols is 1. The number of aromatic hydroxyl groups is 1. The summed E-state index contributed by atoms with van der Waals surface area (Å²) in [5.41, 5.74) is 4.20. The summed E-state index contributed by atoms with van der Waals surface area (Å²) in [4.78, 5) is 0. The van der Waals surface area contributed by atoms with Crippen LogP contribution in [-0.4, -0.2) is 5.11 Å². The number of phenolic OH excluding ortho intramolecular Hbond substituents is 1. The van der Waals surface area contributed by atoms with Crippen molar-refractivity contribution in [3.05, 3.63) is 77.4 Å². The van der Waals surface area contributed by atoms with Gasteiger partial charge in [-0.3, -0.25) is 0 Å². The first-order chi connectivity index (χ1) is 14.0. The van der Waals surface area contributed by atoms with Gasteiger partial charge < -0.3 is 5.11 Å². The van der Waals surface area contributed by atoms with Crippen molar-refractivity contribution in [3.63, 3.8) is 0 Å². The summed E-state index contributed by atoms with van der Waals surface area (Å²) in [6.07, 6.45) is 14.9. The Hall–Kier alpha value is -2.02. The summed E-state index contributed by atoms with van der Waals surface area (Å²) in [5.74, 6) is 2.78. The van der Waals surface area contributed by atoms with Gasteiger partial charge in [-0.1, -0.05) is 75.2 Å². The van der Waals surface area contributed by atoms with Crippen LogP contribution in [0.2, 0.25) is 0 Å². The molecule has 0 heterocycles. The molecule has 2 aliphatic carbocycles. The van der Waals surface area contributed by atoms with Gasteiger partial charge in [0.05, 0.1) is 0 Å². The molecule has 0 amide bonds. The number of benzene rings is 2. The highest BCUT2D eigenvalue weighted by Gasteiger charge is 2.37. The van der Waals surface area contributed by atoms with Crippen LogP contribution in [-0.2, 0) is 12.8 Å². The molecule has 1 fully saturated rings. The second-order valence-corrected chi connectivity index (χ2v) is 10.1. The van der Waals surface area contributed by atoms with E-state index in [0.29, 0.717) is 11.2 Å². The quantitative estimate of drug-likeness (QED) is 0.532. The summed E-state index contributed by atoms with van der Waals surface area (Å²) in [5, 5.41) is 10.3. The van der Waals surface area contributed by atoms with E-state index in [-0.39, 0.29) is 0 Å². The lowest BCUT2D eigenvalue weighted by atomic mass is 9.61. The van der Waals surface area contributed by atoms with Crippen LogP contribution in [0.1, 0.15) is 69.1 Å². The molecular formula is C28H36O. The Morgan fingerprint density at radius 3 is 2.59 bits per heavy atom. The maximum absolute atomic E-state index is 10.3. The fraction of sp³-hybridized carbons (Fsp3) is 0.500. The molecule has 4 atom stereocenters. The summed E-state index contributed by atoms with van der Waals surface area (Å²) in [7, 11) is 0. The van der Waals surface area contributed by atoms with Crippen LogP contribution in [0, 0.1) is 23.2 Å². The van der Waals surface area contributed by atoms with Crippen LogP contribution in [0.3, 0.4) is 0 Å². The third-order valence-electron chi connectivity index (χ3n) is 7.35. The zero-order valence-electron chi connectivity index (χ0n) is 18.1. The van der Waals surface area contributed by atoms with Gasteiger partial charge in [-0.05, 0) is 90.5 Å². The van der Waals surface area contributed by atoms with Crippen molar-refractivity contribution in [1.29, 1.82) is 0 Å². The first-order valence-electron chi connectivity index (χ1n) is 11.5. The molecule has 2 aromatic rings. The number of hydrogen-bond donors (Lipinski definition) is 1. The fourth-order valence-corrected chi connectivity index (χ4v) is 5.98. The van der Waals surface area contributed by atoms with E-state index >= 15 is 0 Å². The topological polar surface area (TPSA) is 20.2 Å². The molecule has 0 aliphatic heterocycles. The number of rotatable bonds is 5. The van der Waals surface area contributed by atoms with E-state index in [9.17, 15) is 5.11 Å². The average molecular weight is 389 g/mol. The van der Waals surface area contributed by atoms with Crippen molar-refractivity contribution < 1.29 is 5.11 Å². The minimum absolute atomic E-state index is 0.383. The van der Waals surface area contributed by atoms with Gasteiger partial charge >= 0.3 is 0 Å². The Bertz CT molecular complexity index is 837. The highest BCUT2D eigenvalue weighted by Crippen LogP contribution is 2.48. The Morgan fingerprint density at radius 1 is 1.00 bits per heavy atom. The molecule has 4 rings (SSSR count). The molecule has 0 spiro atoms. The monoisotopic (exact) mass is 388 g/mol. The van der Waals surface area contributed by atoms with E-state index in [1.54, 1.807) is 0 Å². The van der Waals surface area contributed by atoms with E-state index in [2.05, 4.69) is 62.4 Å². The zero-order valence-corrected chi connectivity index (χ0v) is 18.1. The Balaban J connectivity index is 1.44. The number of hydrogen-bond acceptors (Lipinski definition) is 1. The molecule has 0 aromatic heterocycles. The molecule has 0 saturated heterocycles. The Labute approximate surface area is 176 Å². The largest absolute Gasteiger partial charge is 0.508 e. The lowest BCUT2D eigenvalue weighted by molar-refractivity contribution is 0.119. The molecule has 1 nitrogen and oxygen atoms in total. The molecule has 2 aliphatic rings. The van der Waals surface area contributed by atoms with Crippen molar-refractivity contribution in [3.8, 4) is 5.75 Å². The average Bonchev–Trinajstić information content (AvgIpc) is 2.68. The molecule has 29 heavy (non-hydrogen) atoms. The SMILES string of the molecule is CC1CC=CC(C)(C2CCCC(Cc3cc(O)cc(Cc4ccccc4)c3)C2)C1. The normalized spacial score (nSPS) is 29.7. The molecule has 0 radical (unpaired) electrons. The van der Waals surface area contributed by atoms with E-state index in [4.69, 9.17) is 0 Å². The molecule has 4 unspecified atom stereocenters. The predicted octanol–water partition coefficient (Wildman–Crippen LogP) is 7.32. The molecule has 0 bridgehead atoms. The Kier molecular flexibility index (Phi) is 6.13. The first kappa shape index (κ1) is 20.3. The molecule has 1 N–H and O–H groups in total. The van der Waals surface area contributed by atoms with Gasteiger partial charge in [0, 0.05) is 0 Å². The minimum Gasteiger partial charge on any atom is -0.508 e. The van der Waals surface area contributed by atoms with Crippen LogP contribution in [0.5, 0.6) is 5.75 Å². The van der Waals surface area contributed by atoms with Crippen LogP contribution in [0.4, 0.5) is 0 Å². The van der Waals surface area contributed by atoms with Gasteiger partial charge in [-0.2, -0.15) is 0 Å². The van der Waals surface area contributed by atoms with E-state index < -0.39 is 0 Å². The number of allylic oxidation sites excluding steroid dienone is 2. The van der Waals surface area contributed by atoms with Gasteiger partial charge in [0.1, 0.15) is 5.75 Å². The summed E-state index contributed by atoms with van der Waals surface area (Å²) < 4.78 is 0. The van der Waals surface area contributed by atoms with Crippen molar-refractivity contribution in [2.45, 2.75) is 65.2 Å². The first-order valence-corrected chi connectivity index (χ1v) is 11.5. The van der Waals surface area contributed by atoms with Crippen molar-refractivity contribution >= 4 is 0 Å². The Morgan fingerprint density at radius 2 is 1.79 bits per heavy atom. The minimum atomic E-state index is 0.383. The third kappa shape index (κ3) is 5.13. The van der Waals surface area contributed by atoms with Gasteiger partial charge in [0.2, 0.25) is 0 Å². The van der Waals surface area contributed by atoms with E-state index in [1.807, 2.05) is 12.1 Å². The maximum atomic E-state index is 10.3. The summed E-state index contributed by atoms with van der Waals surface area (Å²) >= 11 is 0. The molecular weight excluding hydrogens is 352 g/mol. The van der Waals surface area contributed by atoms with Gasteiger partial charge in [-0.15, -0.1) is 0 Å². The van der Waals surface area contributed by atoms with Crippen molar-refractivity contribution in [1.82, 2.24) is 0 Å². The van der Waals surface area contributed by atoms with Crippen LogP contribution in [0.25, 0.3) is 0 Å². The van der Waals surface area contributed by atoms with Gasteiger partial charge in [0.15, 0.2) is 0 Å². The molecule has 154 valence electrons. The van der Waals surface area contributed by atoms with Crippen LogP contribution < -0.4 is 0 Å². The van der Waals surface area contributed by atoms with E-state index in [1.165, 1.54) is 55.2 Å². The lowest BCUT2D eigenvalue weighted by Gasteiger charge is -2.43. The fourth-order valence-electron chi connectivity index (χ4n) is 5.98. The van der Waals surface area contributed by atoms with Gasteiger partial charge in [0.25, 0.3) is 0 Å². The van der Waals surface area contributed by atoms with Gasteiger partial charge in [-0.25, -0.2) is 0 Å². The van der Waals surface area contributed by atoms with Crippen molar-refractivity contribution in [2.24, 2.45) is 23.2 Å². The summed E-state index contributed by atoms with van der Waals surface area (Å²) in [6, 6.07) is 16.8. The summed E-state index contributed by atoms with van der Waals surface area (Å²) in [6.45, 7) is 4.90. The second-order valence-electron chi connectivity index (χ2n) is 10.1. The maximum Gasteiger partial charge on any atom is 0.116 e. The standard InChI is InChI=1S/C28H36O/c1-21-8-7-13-28(2,20-21)26-12-6-11-23(17-26)15-25-16-24(18-27(29)19-25)14-22-9-4-3-5-10-22/h3-5,7,9-10,13,16,18-19,21,23,26,29H,6,8,11-12,14-15,17,20H2,1-2H3. The molecule has 1 heteroatoms. The van der Waals surface area contributed by atoms with E-state index in [0.717, 1.165) is 30.6 Å². The second kappa shape index (κ2) is 8.78. The molecule has 1 saturated carbocycles. The smallest absolute Gasteiger partial charge is 0.116 e. The van der Waals surface area contributed by atoms with Crippen LogP contribution in [0.15, 0.2) is 60.7 Å². The van der Waals surface area contributed by atoms with Crippen LogP contribution >= 0.6 is 0 Å². The van der Waals surface area contributed by atoms with Crippen molar-refractivity contribution in [2.75, 3.05) is 0 Å². The zero-order chi connectivity index (χ0) is 20.3.